The molecule has 0 unspecified atom stereocenters. The number of aromatic hydroxyl groups is 2. The van der Waals surface area contributed by atoms with E-state index < -0.39 is 0 Å². The van der Waals surface area contributed by atoms with E-state index in [2.05, 4.69) is 4.90 Å². The van der Waals surface area contributed by atoms with E-state index in [0.717, 1.165) is 19.4 Å². The Labute approximate surface area is 120 Å². The van der Waals surface area contributed by atoms with E-state index >= 15 is 0 Å². The van der Waals surface area contributed by atoms with Gasteiger partial charge in [0.05, 0.1) is 0 Å². The first-order chi connectivity index (χ1) is 9.66. The largest absolute Gasteiger partial charge is 0.508 e. The Morgan fingerprint density at radius 3 is 1.90 bits per heavy atom. The number of likely N-dealkylation sites (tertiary alicyclic amines) is 1. The molecular weight excluding hydrogens is 254 g/mol. The second-order valence-corrected chi connectivity index (χ2v) is 5.50. The van der Waals surface area contributed by atoms with Gasteiger partial charge in [0.25, 0.3) is 0 Å². The van der Waals surface area contributed by atoms with Crippen LogP contribution in [0.25, 0.3) is 0 Å². The molecule has 0 spiro atoms. The summed E-state index contributed by atoms with van der Waals surface area (Å²) in [6.45, 7) is 1.03. The lowest BCUT2D eigenvalue weighted by molar-refractivity contribution is -0.130. The van der Waals surface area contributed by atoms with Gasteiger partial charge < -0.3 is 15.1 Å². The summed E-state index contributed by atoms with van der Waals surface area (Å²) in [6.07, 6.45) is 8.44. The molecule has 4 nitrogen and oxygen atoms in total. The fourth-order valence-electron chi connectivity index (χ4n) is 2.90. The summed E-state index contributed by atoms with van der Waals surface area (Å²) in [7, 11) is 0. The smallest absolute Gasteiger partial charge is 0.222 e. The fraction of sp³-hybridized carbons (Fsp3) is 0.562. The highest BCUT2D eigenvalue weighted by Crippen LogP contribution is 2.25. The Balaban J connectivity index is 0.000000160. The summed E-state index contributed by atoms with van der Waals surface area (Å²) >= 11 is 0. The van der Waals surface area contributed by atoms with Crippen molar-refractivity contribution in [1.29, 1.82) is 0 Å². The van der Waals surface area contributed by atoms with Crippen molar-refractivity contribution in [3.63, 3.8) is 0 Å². The van der Waals surface area contributed by atoms with Gasteiger partial charge in [-0.1, -0.05) is 19.3 Å². The molecule has 2 aliphatic rings. The van der Waals surface area contributed by atoms with Crippen LogP contribution in [-0.4, -0.2) is 33.6 Å². The van der Waals surface area contributed by atoms with Crippen LogP contribution in [-0.2, 0) is 4.79 Å². The quantitative estimate of drug-likeness (QED) is 0.776. The molecule has 0 bridgehead atoms. The van der Waals surface area contributed by atoms with Crippen molar-refractivity contribution in [3.05, 3.63) is 24.3 Å². The molecule has 1 aliphatic heterocycles. The number of amides is 1. The molecule has 20 heavy (non-hydrogen) atoms. The maximum atomic E-state index is 11.4. The average Bonchev–Trinajstić information content (AvgIpc) is 2.90. The Morgan fingerprint density at radius 2 is 1.45 bits per heavy atom. The van der Waals surface area contributed by atoms with E-state index in [1.807, 2.05) is 0 Å². The van der Waals surface area contributed by atoms with E-state index in [-0.39, 0.29) is 11.5 Å². The second-order valence-electron chi connectivity index (χ2n) is 5.50. The van der Waals surface area contributed by atoms with Crippen LogP contribution < -0.4 is 0 Å². The van der Waals surface area contributed by atoms with Gasteiger partial charge in [0.1, 0.15) is 11.5 Å². The molecule has 1 aliphatic carbocycles. The number of hydrogen-bond acceptors (Lipinski definition) is 3. The van der Waals surface area contributed by atoms with Crippen molar-refractivity contribution >= 4 is 5.91 Å². The van der Waals surface area contributed by atoms with Crippen molar-refractivity contribution in [2.24, 2.45) is 0 Å². The van der Waals surface area contributed by atoms with Gasteiger partial charge in [-0.05, 0) is 43.5 Å². The molecule has 2 N–H and O–H groups in total. The second kappa shape index (κ2) is 7.17. The minimum absolute atomic E-state index is 0.169. The molecule has 0 aromatic heterocycles. The van der Waals surface area contributed by atoms with E-state index in [0.29, 0.717) is 11.9 Å². The lowest BCUT2D eigenvalue weighted by Crippen LogP contribution is -2.37. The number of phenols is 2. The van der Waals surface area contributed by atoms with Crippen LogP contribution in [0.5, 0.6) is 11.5 Å². The fourth-order valence-corrected chi connectivity index (χ4v) is 2.90. The molecule has 1 amide bonds. The lowest BCUT2D eigenvalue weighted by atomic mass is 9.94. The third-order valence-electron chi connectivity index (χ3n) is 3.98. The van der Waals surface area contributed by atoms with Crippen LogP contribution in [0.2, 0.25) is 0 Å². The molecule has 0 radical (unpaired) electrons. The lowest BCUT2D eigenvalue weighted by Gasteiger charge is -2.30. The van der Waals surface area contributed by atoms with Gasteiger partial charge in [-0.15, -0.1) is 0 Å². The topological polar surface area (TPSA) is 60.8 Å². The molecule has 1 aromatic carbocycles. The SMILES string of the molecule is O=C1CCCN1C1CCCCC1.Oc1ccc(O)cc1. The van der Waals surface area contributed by atoms with Crippen molar-refractivity contribution in [2.75, 3.05) is 6.54 Å². The summed E-state index contributed by atoms with van der Waals surface area (Å²) in [6, 6.07) is 6.31. The van der Waals surface area contributed by atoms with Crippen molar-refractivity contribution in [1.82, 2.24) is 4.90 Å². The Kier molecular flexibility index (Phi) is 5.27. The number of rotatable bonds is 1. The van der Waals surface area contributed by atoms with Crippen molar-refractivity contribution in [3.8, 4) is 11.5 Å². The third kappa shape index (κ3) is 4.15. The molecule has 3 rings (SSSR count). The van der Waals surface area contributed by atoms with Gasteiger partial charge in [-0.3, -0.25) is 4.79 Å². The zero-order valence-electron chi connectivity index (χ0n) is 11.8. The molecule has 2 fully saturated rings. The normalized spacial score (nSPS) is 19.6. The highest BCUT2D eigenvalue weighted by atomic mass is 16.3. The summed E-state index contributed by atoms with van der Waals surface area (Å²) < 4.78 is 0. The first kappa shape index (κ1) is 14.7. The van der Waals surface area contributed by atoms with Crippen LogP contribution in [0.4, 0.5) is 0 Å². The molecule has 0 atom stereocenters. The number of carbonyl (C=O) groups is 1. The molecule has 1 saturated heterocycles. The van der Waals surface area contributed by atoms with Crippen LogP contribution in [0.1, 0.15) is 44.9 Å². The van der Waals surface area contributed by atoms with Crippen molar-refractivity contribution in [2.45, 2.75) is 51.0 Å². The van der Waals surface area contributed by atoms with Crippen LogP contribution in [0.3, 0.4) is 0 Å². The first-order valence-electron chi connectivity index (χ1n) is 7.44. The summed E-state index contributed by atoms with van der Waals surface area (Å²) in [5.41, 5.74) is 0. The number of hydrogen-bond donors (Lipinski definition) is 2. The Hall–Kier alpha value is -1.71. The zero-order valence-corrected chi connectivity index (χ0v) is 11.8. The monoisotopic (exact) mass is 277 g/mol. The molecule has 1 aromatic rings. The van der Waals surface area contributed by atoms with Gasteiger partial charge in [-0.2, -0.15) is 0 Å². The van der Waals surface area contributed by atoms with Gasteiger partial charge in [0.2, 0.25) is 5.91 Å². The van der Waals surface area contributed by atoms with Crippen LogP contribution >= 0.6 is 0 Å². The Bertz CT molecular complexity index is 403. The third-order valence-corrected chi connectivity index (χ3v) is 3.98. The Morgan fingerprint density at radius 1 is 0.900 bits per heavy atom. The number of carbonyl (C=O) groups excluding carboxylic acids is 1. The van der Waals surface area contributed by atoms with Gasteiger partial charge in [0.15, 0.2) is 0 Å². The number of nitrogens with zero attached hydrogens (tertiary/aromatic N) is 1. The van der Waals surface area contributed by atoms with Gasteiger partial charge in [0, 0.05) is 19.0 Å². The molecular formula is C16H23NO3. The highest BCUT2D eigenvalue weighted by molar-refractivity contribution is 5.78. The van der Waals surface area contributed by atoms with Gasteiger partial charge in [-0.25, -0.2) is 0 Å². The van der Waals surface area contributed by atoms with Gasteiger partial charge >= 0.3 is 0 Å². The molecule has 1 heterocycles. The maximum absolute atomic E-state index is 11.4. The predicted octanol–water partition coefficient (Wildman–Crippen LogP) is 3.04. The highest BCUT2D eigenvalue weighted by Gasteiger charge is 2.28. The first-order valence-corrected chi connectivity index (χ1v) is 7.44. The van der Waals surface area contributed by atoms with E-state index in [9.17, 15) is 4.79 Å². The molecule has 110 valence electrons. The van der Waals surface area contributed by atoms with Crippen LogP contribution in [0.15, 0.2) is 24.3 Å². The average molecular weight is 277 g/mol. The number of benzene rings is 1. The zero-order chi connectivity index (χ0) is 14.4. The van der Waals surface area contributed by atoms with E-state index in [1.54, 1.807) is 0 Å². The number of phenolic OH excluding ortho intramolecular Hbond substituents is 2. The summed E-state index contributed by atoms with van der Waals surface area (Å²) in [4.78, 5) is 13.5. The van der Waals surface area contributed by atoms with E-state index in [1.165, 1.54) is 56.4 Å². The van der Waals surface area contributed by atoms with Crippen LogP contribution in [0, 0.1) is 0 Å². The summed E-state index contributed by atoms with van der Waals surface area (Å²) in [5.74, 6) is 0.743. The molecule has 4 heteroatoms. The van der Waals surface area contributed by atoms with E-state index in [4.69, 9.17) is 10.2 Å². The minimum Gasteiger partial charge on any atom is -0.508 e. The standard InChI is InChI=1S/C10H17NO.C6H6O2/c12-10-7-4-8-11(10)9-5-2-1-3-6-9;7-5-1-2-6(8)4-3-5/h9H,1-8H2;1-4,7-8H. The van der Waals surface area contributed by atoms with Crippen molar-refractivity contribution < 1.29 is 15.0 Å². The minimum atomic E-state index is 0.169. The summed E-state index contributed by atoms with van der Waals surface area (Å²) in [5, 5.41) is 17.3. The maximum Gasteiger partial charge on any atom is 0.222 e. The molecule has 1 saturated carbocycles. The predicted molar refractivity (Wildman–Crippen MR) is 77.6 cm³/mol.